The fourth-order valence-electron chi connectivity index (χ4n) is 1.72. The van der Waals surface area contributed by atoms with Crippen molar-refractivity contribution in [2.24, 2.45) is 0 Å². The molecule has 1 aliphatic rings. The highest BCUT2D eigenvalue weighted by Gasteiger charge is 2.43. The Kier molecular flexibility index (Phi) is 4.04. The van der Waals surface area contributed by atoms with E-state index < -0.39 is 53.0 Å². The summed E-state index contributed by atoms with van der Waals surface area (Å²) in [4.78, 5) is 23.0. The summed E-state index contributed by atoms with van der Waals surface area (Å²) in [6, 6.07) is -1.32. The number of hydrogen-bond donors (Lipinski definition) is 2. The maximum absolute atomic E-state index is 12.7. The monoisotopic (exact) mass is 269 g/mol. The lowest BCUT2D eigenvalue weighted by Crippen LogP contribution is -2.43. The number of carboxylic acids is 1. The van der Waals surface area contributed by atoms with Crippen LogP contribution in [0.25, 0.3) is 0 Å². The third kappa shape index (κ3) is 3.13. The van der Waals surface area contributed by atoms with E-state index in [1.165, 1.54) is 0 Å². The molecule has 0 aromatic rings. The molecule has 1 unspecified atom stereocenters. The number of halogens is 1. The predicted octanol–water partition coefficient (Wildman–Crippen LogP) is -1.28. The Hall–Kier alpha value is -1.22. The number of aliphatic hydroxyl groups is 1. The van der Waals surface area contributed by atoms with Gasteiger partial charge in [-0.2, -0.15) is 8.42 Å². The minimum absolute atomic E-state index is 0.222. The van der Waals surface area contributed by atoms with Gasteiger partial charge in [-0.05, 0) is 0 Å². The molecule has 0 spiro atoms. The zero-order chi connectivity index (χ0) is 13.2. The Bertz CT molecular complexity index is 422. The number of nitrogens with zero attached hydrogens (tertiary/aromatic N) is 1. The van der Waals surface area contributed by atoms with Crippen LogP contribution >= 0.6 is 0 Å². The van der Waals surface area contributed by atoms with Crippen molar-refractivity contribution in [2.75, 3.05) is 13.2 Å². The summed E-state index contributed by atoms with van der Waals surface area (Å²) in [5.41, 5.74) is 0. The van der Waals surface area contributed by atoms with Gasteiger partial charge >= 0.3 is 16.2 Å². The van der Waals surface area contributed by atoms with Gasteiger partial charge in [0, 0.05) is 26.0 Å². The van der Waals surface area contributed by atoms with Gasteiger partial charge < -0.3 is 15.1 Å². The van der Waals surface area contributed by atoms with E-state index in [1.54, 1.807) is 0 Å². The molecule has 1 amide bonds. The first-order valence-corrected chi connectivity index (χ1v) is 6.28. The molecule has 0 bridgehead atoms. The largest absolute Gasteiger partial charge is 0.480 e. The molecule has 1 saturated heterocycles. The average molecular weight is 269 g/mol. The van der Waals surface area contributed by atoms with Gasteiger partial charge in [0.05, 0.1) is 0 Å². The van der Waals surface area contributed by atoms with Gasteiger partial charge in [0.15, 0.2) is 0 Å². The van der Waals surface area contributed by atoms with Crippen LogP contribution in [0.3, 0.4) is 0 Å². The number of aliphatic hydroxyl groups excluding tert-OH is 1. The van der Waals surface area contributed by atoms with Gasteiger partial charge in [-0.1, -0.05) is 0 Å². The first-order chi connectivity index (χ1) is 7.77. The maximum Gasteiger partial charge on any atom is 0.326 e. The predicted molar refractivity (Wildman–Crippen MR) is 53.3 cm³/mol. The molecule has 0 aromatic carbocycles. The topological polar surface area (TPSA) is 112 Å². The minimum Gasteiger partial charge on any atom is -0.480 e. The van der Waals surface area contributed by atoms with Crippen LogP contribution in [0.1, 0.15) is 12.8 Å². The second-order valence-electron chi connectivity index (χ2n) is 3.71. The van der Waals surface area contributed by atoms with E-state index in [-0.39, 0.29) is 6.42 Å². The van der Waals surface area contributed by atoms with Crippen LogP contribution in [0.15, 0.2) is 0 Å². The lowest BCUT2D eigenvalue weighted by Gasteiger charge is -2.23. The highest BCUT2D eigenvalue weighted by Crippen LogP contribution is 2.22. The van der Waals surface area contributed by atoms with E-state index in [4.69, 9.17) is 10.2 Å². The Labute approximate surface area is 97.0 Å². The second-order valence-corrected chi connectivity index (χ2v) is 5.33. The van der Waals surface area contributed by atoms with E-state index in [1.807, 2.05) is 0 Å². The van der Waals surface area contributed by atoms with Gasteiger partial charge in [0.1, 0.15) is 11.3 Å². The molecule has 1 aliphatic heterocycles. The fraction of sp³-hybridized carbons (Fsp3) is 0.750. The summed E-state index contributed by atoms with van der Waals surface area (Å²) in [6.07, 6.45) is -0.784. The quantitative estimate of drug-likeness (QED) is 0.601. The molecule has 0 saturated carbocycles. The third-order valence-corrected chi connectivity index (χ3v) is 3.70. The number of rotatable bonds is 5. The lowest BCUT2D eigenvalue weighted by molar-refractivity contribution is -0.148. The summed E-state index contributed by atoms with van der Waals surface area (Å²) < 4.78 is 34.0. The van der Waals surface area contributed by atoms with E-state index in [0.29, 0.717) is 0 Å². The van der Waals surface area contributed by atoms with Gasteiger partial charge in [0.2, 0.25) is 5.91 Å². The van der Waals surface area contributed by atoms with Crippen molar-refractivity contribution in [3.8, 4) is 0 Å². The SMILES string of the molecule is O=C(O)[C@H](CCO)N1CC(S(=O)(=O)F)CC1=O. The van der Waals surface area contributed by atoms with Gasteiger partial charge in [-0.15, -0.1) is 3.89 Å². The van der Waals surface area contributed by atoms with Crippen LogP contribution in [0, 0.1) is 0 Å². The molecule has 2 atom stereocenters. The van der Waals surface area contributed by atoms with E-state index >= 15 is 0 Å². The molecule has 1 heterocycles. The number of likely N-dealkylation sites (tertiary alicyclic amines) is 1. The van der Waals surface area contributed by atoms with Crippen LogP contribution in [-0.4, -0.2) is 59.9 Å². The molecule has 0 aromatic heterocycles. The van der Waals surface area contributed by atoms with Crippen LogP contribution in [0.5, 0.6) is 0 Å². The van der Waals surface area contributed by atoms with Crippen molar-refractivity contribution in [3.63, 3.8) is 0 Å². The van der Waals surface area contributed by atoms with Crippen LogP contribution < -0.4 is 0 Å². The smallest absolute Gasteiger partial charge is 0.326 e. The summed E-state index contributed by atoms with van der Waals surface area (Å²) in [5.74, 6) is -2.10. The lowest BCUT2D eigenvalue weighted by atomic mass is 10.2. The number of aliphatic carboxylic acids is 1. The Balaban J connectivity index is 2.85. The minimum atomic E-state index is -4.86. The van der Waals surface area contributed by atoms with Crippen molar-refractivity contribution in [2.45, 2.75) is 24.1 Å². The van der Waals surface area contributed by atoms with Gasteiger partial charge in [-0.3, -0.25) is 4.79 Å². The van der Waals surface area contributed by atoms with Crippen molar-refractivity contribution >= 4 is 22.1 Å². The van der Waals surface area contributed by atoms with Crippen molar-refractivity contribution < 1.29 is 32.1 Å². The molecule has 2 N–H and O–H groups in total. The van der Waals surface area contributed by atoms with Crippen molar-refractivity contribution in [1.82, 2.24) is 4.90 Å². The second kappa shape index (κ2) is 4.96. The molecule has 9 heteroatoms. The summed E-state index contributed by atoms with van der Waals surface area (Å²) >= 11 is 0. The number of amides is 1. The number of hydrogen-bond acceptors (Lipinski definition) is 5. The standard InChI is InChI=1S/C8H12FNO6S/c9-17(15,16)5-3-7(12)10(4-5)6(1-2-11)8(13)14/h5-6,11H,1-4H2,(H,13,14)/t5?,6-/m0/s1. The zero-order valence-corrected chi connectivity index (χ0v) is 9.56. The molecule has 0 radical (unpaired) electrons. The molecule has 98 valence electrons. The number of carbonyl (C=O) groups excluding carboxylic acids is 1. The van der Waals surface area contributed by atoms with E-state index in [2.05, 4.69) is 0 Å². The zero-order valence-electron chi connectivity index (χ0n) is 8.74. The Morgan fingerprint density at radius 2 is 2.18 bits per heavy atom. The molecule has 1 rings (SSSR count). The van der Waals surface area contributed by atoms with Crippen LogP contribution in [0.2, 0.25) is 0 Å². The fourth-order valence-corrected chi connectivity index (χ4v) is 2.40. The summed E-state index contributed by atoms with van der Waals surface area (Å²) in [7, 11) is -4.86. The molecular formula is C8H12FNO6S. The summed E-state index contributed by atoms with van der Waals surface area (Å²) in [6.45, 7) is -0.956. The Morgan fingerprint density at radius 1 is 1.59 bits per heavy atom. The third-order valence-electron chi connectivity index (χ3n) is 2.58. The summed E-state index contributed by atoms with van der Waals surface area (Å²) in [5, 5.41) is 16.0. The van der Waals surface area contributed by atoms with Crippen LogP contribution in [0.4, 0.5) is 3.89 Å². The van der Waals surface area contributed by atoms with Crippen LogP contribution in [-0.2, 0) is 19.8 Å². The molecular weight excluding hydrogens is 257 g/mol. The Morgan fingerprint density at radius 3 is 2.53 bits per heavy atom. The van der Waals surface area contributed by atoms with Gasteiger partial charge in [0.25, 0.3) is 0 Å². The average Bonchev–Trinajstić information content (AvgIpc) is 2.55. The number of carboxylic acid groups (broad SMARTS) is 1. The number of carbonyl (C=O) groups is 2. The highest BCUT2D eigenvalue weighted by molar-refractivity contribution is 7.87. The molecule has 7 nitrogen and oxygen atoms in total. The first-order valence-electron chi connectivity index (χ1n) is 4.84. The molecule has 1 fully saturated rings. The van der Waals surface area contributed by atoms with Crippen molar-refractivity contribution in [3.05, 3.63) is 0 Å². The maximum atomic E-state index is 12.7. The molecule has 17 heavy (non-hydrogen) atoms. The van der Waals surface area contributed by atoms with E-state index in [0.717, 1.165) is 4.90 Å². The first kappa shape index (κ1) is 13.8. The van der Waals surface area contributed by atoms with E-state index in [9.17, 15) is 21.9 Å². The highest BCUT2D eigenvalue weighted by atomic mass is 32.3. The van der Waals surface area contributed by atoms with Gasteiger partial charge in [-0.25, -0.2) is 4.79 Å². The normalized spacial score (nSPS) is 22.8. The molecule has 0 aliphatic carbocycles. The van der Waals surface area contributed by atoms with Crippen molar-refractivity contribution in [1.29, 1.82) is 0 Å².